The van der Waals surface area contributed by atoms with Crippen molar-refractivity contribution >= 4 is 29.4 Å². The Balaban J connectivity index is 2.28. The largest absolute Gasteiger partial charge is 0.457 e. The Morgan fingerprint density at radius 1 is 1.09 bits per heavy atom. The lowest BCUT2D eigenvalue weighted by Gasteiger charge is -2.45. The first-order chi connectivity index (χ1) is 21.0. The number of amides is 1. The minimum Gasteiger partial charge on any atom is -0.457 e. The Morgan fingerprint density at radius 3 is 2.33 bits per heavy atom. The van der Waals surface area contributed by atoms with Crippen LogP contribution in [0.15, 0.2) is 53.0 Å². The van der Waals surface area contributed by atoms with Crippen molar-refractivity contribution in [3.8, 4) is 0 Å². The number of ether oxygens (including phenoxy) is 2. The number of cyclic esters (lactones) is 1. The number of esters is 1. The maximum atomic E-state index is 16.1. The summed E-state index contributed by atoms with van der Waals surface area (Å²) < 4.78 is 28.5. The Morgan fingerprint density at radius 2 is 1.73 bits per heavy atom. The monoisotopic (exact) mass is 625 g/mol. The summed E-state index contributed by atoms with van der Waals surface area (Å²) in [5.74, 6) is -5.20. The van der Waals surface area contributed by atoms with Crippen LogP contribution in [0.1, 0.15) is 93.6 Å². The average Bonchev–Trinajstić information content (AvgIpc) is 3.00. The summed E-state index contributed by atoms with van der Waals surface area (Å²) >= 11 is 0. The summed E-state index contributed by atoms with van der Waals surface area (Å²) in [7, 11) is 0. The van der Waals surface area contributed by atoms with Gasteiger partial charge in [-0.2, -0.15) is 0 Å². The van der Waals surface area contributed by atoms with Crippen molar-refractivity contribution < 1.29 is 33.4 Å². The number of alkyl halides is 1. The second-order valence-electron chi connectivity index (χ2n) is 13.8. The van der Waals surface area contributed by atoms with Gasteiger partial charge in [-0.1, -0.05) is 83.2 Å². The standard InChI is InChI=1S/C37H52FNO6/c1-10-31-37(9,43)30-20-19-29(18-14-17-28-15-12-11-13-16-28)22-44-35(7,21-23(2)32(25(30)4)39-27(6)40)26(5)24(3)33(41)36(8,38)34(42)45-31/h11-18,23-26,30-31,43H,10,19-22H2,1-9H3/b17-14+,29-18+,39-32?/t23-,24-,25-,26-,30-,31-,35-,36+,37+/m1/s1. The number of carbonyl (C=O) groups is 3. The zero-order valence-electron chi connectivity index (χ0n) is 28.4. The van der Waals surface area contributed by atoms with Gasteiger partial charge in [0.05, 0.1) is 12.2 Å². The maximum Gasteiger partial charge on any atom is 0.351 e. The number of halogens is 1. The van der Waals surface area contributed by atoms with Crippen molar-refractivity contribution in [1.29, 1.82) is 0 Å². The van der Waals surface area contributed by atoms with Crippen LogP contribution in [0.2, 0.25) is 0 Å². The molecule has 0 aromatic heterocycles. The highest BCUT2D eigenvalue weighted by Gasteiger charge is 2.53. The number of carbonyl (C=O) groups excluding carboxylic acids is 3. The van der Waals surface area contributed by atoms with Gasteiger partial charge >= 0.3 is 5.97 Å². The van der Waals surface area contributed by atoms with Crippen LogP contribution < -0.4 is 0 Å². The van der Waals surface area contributed by atoms with Gasteiger partial charge in [0, 0.05) is 24.5 Å². The molecule has 2 aliphatic heterocycles. The molecule has 2 bridgehead atoms. The zero-order valence-corrected chi connectivity index (χ0v) is 28.4. The van der Waals surface area contributed by atoms with E-state index >= 15 is 4.39 Å². The third-order valence-electron chi connectivity index (χ3n) is 10.4. The molecule has 2 saturated heterocycles. The van der Waals surface area contributed by atoms with Gasteiger partial charge in [-0.15, -0.1) is 0 Å². The summed E-state index contributed by atoms with van der Waals surface area (Å²) in [5.41, 5.74) is -2.88. The average molecular weight is 626 g/mol. The van der Waals surface area contributed by atoms with Gasteiger partial charge in [0.2, 0.25) is 5.91 Å². The molecule has 248 valence electrons. The Hall–Kier alpha value is -2.97. The second kappa shape index (κ2) is 14.6. The molecule has 1 N–H and O–H groups in total. The third-order valence-corrected chi connectivity index (χ3v) is 10.4. The Bertz CT molecular complexity index is 1320. The number of aliphatic imine (C=N–C) groups is 1. The Kier molecular flexibility index (Phi) is 11.9. The lowest BCUT2D eigenvalue weighted by molar-refractivity contribution is -0.187. The molecular weight excluding hydrogens is 573 g/mol. The first-order valence-electron chi connectivity index (χ1n) is 16.3. The van der Waals surface area contributed by atoms with E-state index in [2.05, 4.69) is 4.99 Å². The molecule has 0 unspecified atom stereocenters. The quantitative estimate of drug-likeness (QED) is 0.284. The predicted molar refractivity (Wildman–Crippen MR) is 175 cm³/mol. The van der Waals surface area contributed by atoms with Crippen LogP contribution in [0.5, 0.6) is 0 Å². The van der Waals surface area contributed by atoms with Crippen molar-refractivity contribution in [1.82, 2.24) is 0 Å². The topological polar surface area (TPSA) is 102 Å². The van der Waals surface area contributed by atoms with Crippen LogP contribution in [-0.2, 0) is 23.9 Å². The first kappa shape index (κ1) is 36.5. The molecule has 0 spiro atoms. The summed E-state index contributed by atoms with van der Waals surface area (Å²) in [4.78, 5) is 43.9. The van der Waals surface area contributed by atoms with E-state index in [1.807, 2.05) is 76.3 Å². The lowest BCUT2D eigenvalue weighted by atomic mass is 9.67. The highest BCUT2D eigenvalue weighted by molar-refractivity contribution is 6.07. The lowest BCUT2D eigenvalue weighted by Crippen LogP contribution is -2.56. The summed E-state index contributed by atoms with van der Waals surface area (Å²) in [6.45, 7) is 15.2. The van der Waals surface area contributed by atoms with E-state index in [1.165, 1.54) is 6.92 Å². The minimum atomic E-state index is -2.91. The van der Waals surface area contributed by atoms with E-state index in [-0.39, 0.29) is 24.9 Å². The highest BCUT2D eigenvalue weighted by Crippen LogP contribution is 2.43. The summed E-state index contributed by atoms with van der Waals surface area (Å²) in [6.07, 6.45) is 6.46. The van der Waals surface area contributed by atoms with Gasteiger partial charge < -0.3 is 14.6 Å². The summed E-state index contributed by atoms with van der Waals surface area (Å²) in [5, 5.41) is 12.2. The van der Waals surface area contributed by atoms with Crippen LogP contribution in [0, 0.1) is 29.6 Å². The molecule has 0 saturated carbocycles. The zero-order chi connectivity index (χ0) is 33.7. The molecule has 2 heterocycles. The van der Waals surface area contributed by atoms with Crippen molar-refractivity contribution in [3.05, 3.63) is 53.6 Å². The number of nitrogens with zero attached hydrogens (tertiary/aromatic N) is 1. The maximum absolute atomic E-state index is 16.1. The van der Waals surface area contributed by atoms with Crippen molar-refractivity contribution in [2.45, 2.75) is 111 Å². The van der Waals surface area contributed by atoms with Crippen LogP contribution >= 0.6 is 0 Å². The number of benzene rings is 1. The summed E-state index contributed by atoms with van der Waals surface area (Å²) in [6, 6.07) is 9.93. The van der Waals surface area contributed by atoms with Gasteiger partial charge in [0.1, 0.15) is 11.7 Å². The van der Waals surface area contributed by atoms with Crippen LogP contribution in [0.3, 0.4) is 0 Å². The molecule has 3 rings (SSSR count). The van der Waals surface area contributed by atoms with E-state index in [9.17, 15) is 19.5 Å². The fourth-order valence-electron chi connectivity index (χ4n) is 7.23. The molecule has 1 aromatic carbocycles. The van der Waals surface area contributed by atoms with Gasteiger partial charge in [0.25, 0.3) is 5.67 Å². The van der Waals surface area contributed by atoms with Gasteiger partial charge in [-0.05, 0) is 75.3 Å². The molecule has 0 aliphatic carbocycles. The molecule has 9 atom stereocenters. The molecule has 2 aliphatic rings. The first-order valence-corrected chi connectivity index (χ1v) is 16.3. The number of hydrogen-bond donors (Lipinski definition) is 1. The molecule has 1 amide bonds. The van der Waals surface area contributed by atoms with Crippen LogP contribution in [0.25, 0.3) is 6.08 Å². The molecule has 0 radical (unpaired) electrons. The number of Topliss-reactive ketones (excluding diaryl/α,β-unsaturated/α-hetero) is 1. The molecule has 8 heteroatoms. The van der Waals surface area contributed by atoms with Gasteiger partial charge in [0.15, 0.2) is 5.78 Å². The van der Waals surface area contributed by atoms with Crippen molar-refractivity contribution in [2.75, 3.05) is 6.61 Å². The minimum absolute atomic E-state index is 0.191. The normalized spacial score (nSPS) is 39.3. The van der Waals surface area contributed by atoms with Gasteiger partial charge in [-0.25, -0.2) is 14.2 Å². The molecule has 1 aromatic rings. The van der Waals surface area contributed by atoms with Crippen LogP contribution in [-0.4, -0.2) is 58.1 Å². The molecule has 2 fully saturated rings. The number of aliphatic hydroxyl groups is 1. The van der Waals surface area contributed by atoms with Crippen LogP contribution in [0.4, 0.5) is 4.39 Å². The molecule has 7 nitrogen and oxygen atoms in total. The molecule has 45 heavy (non-hydrogen) atoms. The predicted octanol–water partition coefficient (Wildman–Crippen LogP) is 7.12. The van der Waals surface area contributed by atoms with E-state index in [4.69, 9.17) is 9.47 Å². The fraction of sp³-hybridized carbons (Fsp3) is 0.622. The smallest absolute Gasteiger partial charge is 0.351 e. The number of rotatable bonds is 3. The highest BCUT2D eigenvalue weighted by atomic mass is 19.1. The number of fused-ring (bicyclic) bond motifs is 5. The fourth-order valence-corrected chi connectivity index (χ4v) is 7.23. The number of ketones is 1. The van der Waals surface area contributed by atoms with E-state index in [0.717, 1.165) is 18.1 Å². The Labute approximate surface area is 268 Å². The number of hydrogen-bond acceptors (Lipinski definition) is 6. The van der Waals surface area contributed by atoms with E-state index in [1.54, 1.807) is 20.8 Å². The number of allylic oxidation sites excluding steroid dienone is 2. The SMILES string of the molecule is CC[C@H]1OC(=O)[C@@](C)(F)C(=O)[C@H](C)[C@@H](C)[C@@]2(C)C[C@@H](C)C(=NC(C)=O)[C@H](C)[C@@H](CC/C(=C\C=C\c3ccccc3)CO2)[C@]1(C)O. The van der Waals surface area contributed by atoms with Crippen molar-refractivity contribution in [2.24, 2.45) is 34.6 Å². The van der Waals surface area contributed by atoms with E-state index in [0.29, 0.717) is 25.0 Å². The van der Waals surface area contributed by atoms with Crippen molar-refractivity contribution in [3.63, 3.8) is 0 Å². The van der Waals surface area contributed by atoms with E-state index < -0.39 is 58.4 Å². The second-order valence-corrected chi connectivity index (χ2v) is 13.8. The van der Waals surface area contributed by atoms with Gasteiger partial charge in [-0.3, -0.25) is 9.59 Å². The third kappa shape index (κ3) is 8.25. The molecular formula is C37H52FNO6.